The SMILES string of the molecule is CNc1ccc(CCOC2CC(O)CC(CO)O2)cc1. The Bertz CT molecular complexity index is 395. The van der Waals surface area contributed by atoms with Crippen molar-refractivity contribution in [2.75, 3.05) is 25.6 Å². The van der Waals surface area contributed by atoms with Gasteiger partial charge in [-0.25, -0.2) is 0 Å². The predicted octanol–water partition coefficient (Wildman–Crippen LogP) is 1.15. The highest BCUT2D eigenvalue weighted by molar-refractivity contribution is 5.43. The van der Waals surface area contributed by atoms with Crippen LogP contribution in [0.25, 0.3) is 0 Å². The monoisotopic (exact) mass is 281 g/mol. The molecule has 3 N–H and O–H groups in total. The molecule has 2 rings (SSSR count). The van der Waals surface area contributed by atoms with Crippen LogP contribution in [0, 0.1) is 0 Å². The number of nitrogens with one attached hydrogen (secondary N) is 1. The molecular weight excluding hydrogens is 258 g/mol. The molecule has 3 unspecified atom stereocenters. The van der Waals surface area contributed by atoms with E-state index in [1.807, 2.05) is 19.2 Å². The maximum absolute atomic E-state index is 9.68. The molecule has 1 heterocycles. The Balaban J connectivity index is 1.74. The van der Waals surface area contributed by atoms with Crippen molar-refractivity contribution in [3.8, 4) is 0 Å². The molecule has 5 heteroatoms. The maximum Gasteiger partial charge on any atom is 0.160 e. The van der Waals surface area contributed by atoms with E-state index < -0.39 is 12.4 Å². The lowest BCUT2D eigenvalue weighted by Gasteiger charge is -2.32. The van der Waals surface area contributed by atoms with Gasteiger partial charge in [-0.1, -0.05) is 12.1 Å². The molecule has 112 valence electrons. The Morgan fingerprint density at radius 2 is 2.05 bits per heavy atom. The molecule has 1 fully saturated rings. The zero-order valence-electron chi connectivity index (χ0n) is 11.8. The van der Waals surface area contributed by atoms with E-state index in [1.54, 1.807) is 0 Å². The van der Waals surface area contributed by atoms with Gasteiger partial charge in [-0.2, -0.15) is 0 Å². The van der Waals surface area contributed by atoms with Gasteiger partial charge in [-0.3, -0.25) is 0 Å². The van der Waals surface area contributed by atoms with Crippen molar-refractivity contribution in [1.29, 1.82) is 0 Å². The topological polar surface area (TPSA) is 71.0 Å². The molecule has 0 aliphatic carbocycles. The molecule has 0 amide bonds. The molecule has 0 bridgehead atoms. The first-order valence-electron chi connectivity index (χ1n) is 7.04. The molecule has 1 saturated heterocycles. The van der Waals surface area contributed by atoms with E-state index in [0.717, 1.165) is 12.1 Å². The Hall–Kier alpha value is -1.14. The summed E-state index contributed by atoms with van der Waals surface area (Å²) in [6.07, 6.45) is 0.535. The van der Waals surface area contributed by atoms with Crippen molar-refractivity contribution in [2.24, 2.45) is 0 Å². The molecule has 0 spiro atoms. The van der Waals surface area contributed by atoms with Crippen LogP contribution in [0.2, 0.25) is 0 Å². The van der Waals surface area contributed by atoms with E-state index in [0.29, 0.717) is 19.4 Å². The van der Waals surface area contributed by atoms with Crippen molar-refractivity contribution in [1.82, 2.24) is 0 Å². The second kappa shape index (κ2) is 7.59. The van der Waals surface area contributed by atoms with Gasteiger partial charge in [0.15, 0.2) is 6.29 Å². The van der Waals surface area contributed by atoms with Crippen LogP contribution in [0.15, 0.2) is 24.3 Å². The van der Waals surface area contributed by atoms with Gasteiger partial charge in [0.25, 0.3) is 0 Å². The molecule has 0 saturated carbocycles. The molecule has 1 aromatic carbocycles. The second-order valence-corrected chi connectivity index (χ2v) is 5.06. The van der Waals surface area contributed by atoms with Gasteiger partial charge in [0.2, 0.25) is 0 Å². The molecule has 1 aliphatic heterocycles. The number of hydrogen-bond donors (Lipinski definition) is 3. The van der Waals surface area contributed by atoms with Crippen LogP contribution >= 0.6 is 0 Å². The van der Waals surface area contributed by atoms with Gasteiger partial charge in [0, 0.05) is 25.6 Å². The Labute approximate surface area is 119 Å². The number of rotatable bonds is 6. The van der Waals surface area contributed by atoms with Gasteiger partial charge in [-0.05, 0) is 24.1 Å². The van der Waals surface area contributed by atoms with Crippen molar-refractivity contribution in [3.05, 3.63) is 29.8 Å². The fraction of sp³-hybridized carbons (Fsp3) is 0.600. The third-order valence-corrected chi connectivity index (χ3v) is 3.48. The molecule has 1 aromatic rings. The summed E-state index contributed by atoms with van der Waals surface area (Å²) in [5.41, 5.74) is 2.28. The third-order valence-electron chi connectivity index (χ3n) is 3.48. The highest BCUT2D eigenvalue weighted by Crippen LogP contribution is 2.20. The number of benzene rings is 1. The highest BCUT2D eigenvalue weighted by Gasteiger charge is 2.28. The van der Waals surface area contributed by atoms with Gasteiger partial charge >= 0.3 is 0 Å². The van der Waals surface area contributed by atoms with Crippen LogP contribution in [0.1, 0.15) is 18.4 Å². The van der Waals surface area contributed by atoms with Gasteiger partial charge < -0.3 is 25.0 Å². The van der Waals surface area contributed by atoms with E-state index >= 15 is 0 Å². The minimum absolute atomic E-state index is 0.0810. The molecule has 0 aromatic heterocycles. The Morgan fingerprint density at radius 1 is 1.30 bits per heavy atom. The van der Waals surface area contributed by atoms with Crippen molar-refractivity contribution in [3.63, 3.8) is 0 Å². The van der Waals surface area contributed by atoms with Gasteiger partial charge in [0.05, 0.1) is 25.4 Å². The van der Waals surface area contributed by atoms with Crippen LogP contribution in [-0.2, 0) is 15.9 Å². The van der Waals surface area contributed by atoms with Crippen LogP contribution in [0.4, 0.5) is 5.69 Å². The summed E-state index contributed by atoms with van der Waals surface area (Å²) in [4.78, 5) is 0. The van der Waals surface area contributed by atoms with Crippen LogP contribution in [0.5, 0.6) is 0 Å². The van der Waals surface area contributed by atoms with E-state index in [4.69, 9.17) is 14.6 Å². The number of aliphatic hydroxyl groups excluding tert-OH is 2. The minimum atomic E-state index is -0.458. The standard InChI is InChI=1S/C15H23NO4/c1-16-12-4-2-11(3-5-12)6-7-19-15-9-13(18)8-14(10-17)20-15/h2-5,13-18H,6-10H2,1H3. The number of ether oxygens (including phenoxy) is 2. The predicted molar refractivity (Wildman–Crippen MR) is 76.6 cm³/mol. The first-order valence-corrected chi connectivity index (χ1v) is 7.04. The zero-order valence-corrected chi connectivity index (χ0v) is 11.8. The smallest absolute Gasteiger partial charge is 0.160 e. The Kier molecular flexibility index (Phi) is 5.79. The van der Waals surface area contributed by atoms with Crippen LogP contribution in [-0.4, -0.2) is 49.0 Å². The molecule has 20 heavy (non-hydrogen) atoms. The van der Waals surface area contributed by atoms with Crippen molar-refractivity contribution in [2.45, 2.75) is 37.8 Å². The van der Waals surface area contributed by atoms with E-state index in [-0.39, 0.29) is 12.7 Å². The summed E-state index contributed by atoms with van der Waals surface area (Å²) in [5.74, 6) is 0. The molecule has 0 radical (unpaired) electrons. The van der Waals surface area contributed by atoms with Crippen molar-refractivity contribution < 1.29 is 19.7 Å². The Morgan fingerprint density at radius 3 is 2.70 bits per heavy atom. The average molecular weight is 281 g/mol. The summed E-state index contributed by atoms with van der Waals surface area (Å²) in [6, 6.07) is 8.17. The van der Waals surface area contributed by atoms with Gasteiger partial charge in [-0.15, -0.1) is 0 Å². The summed E-state index contributed by atoms with van der Waals surface area (Å²) in [6.45, 7) is 0.455. The number of hydrogen-bond acceptors (Lipinski definition) is 5. The van der Waals surface area contributed by atoms with Crippen LogP contribution < -0.4 is 5.32 Å². The molecule has 1 aliphatic rings. The first kappa shape index (κ1) is 15.3. The summed E-state index contributed by atoms with van der Waals surface area (Å²) in [7, 11) is 1.89. The largest absolute Gasteiger partial charge is 0.394 e. The zero-order chi connectivity index (χ0) is 14.4. The number of anilines is 1. The van der Waals surface area contributed by atoms with Crippen LogP contribution in [0.3, 0.4) is 0 Å². The minimum Gasteiger partial charge on any atom is -0.394 e. The quantitative estimate of drug-likeness (QED) is 0.729. The third kappa shape index (κ3) is 4.45. The summed E-state index contributed by atoms with van der Waals surface area (Å²) >= 11 is 0. The van der Waals surface area contributed by atoms with Crippen molar-refractivity contribution >= 4 is 5.69 Å². The highest BCUT2D eigenvalue weighted by atomic mass is 16.7. The second-order valence-electron chi connectivity index (χ2n) is 5.06. The first-order chi connectivity index (χ1) is 9.71. The fourth-order valence-electron chi connectivity index (χ4n) is 2.32. The average Bonchev–Trinajstić information content (AvgIpc) is 2.47. The summed E-state index contributed by atoms with van der Waals surface area (Å²) in [5, 5.41) is 21.8. The lowest BCUT2D eigenvalue weighted by atomic mass is 10.1. The van der Waals surface area contributed by atoms with E-state index in [1.165, 1.54) is 5.56 Å². The van der Waals surface area contributed by atoms with E-state index in [2.05, 4.69) is 17.4 Å². The van der Waals surface area contributed by atoms with E-state index in [9.17, 15) is 5.11 Å². The normalized spacial score (nSPS) is 26.4. The lowest BCUT2D eigenvalue weighted by Crippen LogP contribution is -2.39. The summed E-state index contributed by atoms with van der Waals surface area (Å²) < 4.78 is 11.2. The molecular formula is C15H23NO4. The molecule has 5 nitrogen and oxygen atoms in total. The molecule has 3 atom stereocenters. The lowest BCUT2D eigenvalue weighted by molar-refractivity contribution is -0.221. The number of aliphatic hydroxyl groups is 2. The maximum atomic E-state index is 9.68. The fourth-order valence-corrected chi connectivity index (χ4v) is 2.32. The van der Waals surface area contributed by atoms with Gasteiger partial charge in [0.1, 0.15) is 0 Å².